The predicted molar refractivity (Wildman–Crippen MR) is 71.9 cm³/mol. The van der Waals surface area contributed by atoms with Gasteiger partial charge in [-0.2, -0.15) is 0 Å². The summed E-state index contributed by atoms with van der Waals surface area (Å²) in [6.07, 6.45) is 0. The van der Waals surface area contributed by atoms with Gasteiger partial charge in [0.05, 0.1) is 13.2 Å². The van der Waals surface area contributed by atoms with Crippen molar-refractivity contribution in [1.82, 2.24) is 0 Å². The SMILES string of the molecule is CCOP(=O)(OCC)[C@H](N)c1cc(Br)ccc1F. The first kappa shape index (κ1) is 15.8. The summed E-state index contributed by atoms with van der Waals surface area (Å²) >= 11 is 3.22. The molecule has 0 amide bonds. The second-order valence-corrected chi connectivity index (χ2v) is 6.55. The molecule has 1 aromatic rings. The molecule has 4 nitrogen and oxygen atoms in total. The molecule has 0 bridgehead atoms. The molecule has 1 aromatic carbocycles. The quantitative estimate of drug-likeness (QED) is 0.800. The van der Waals surface area contributed by atoms with Crippen LogP contribution in [0.15, 0.2) is 22.7 Å². The van der Waals surface area contributed by atoms with E-state index in [1.165, 1.54) is 18.2 Å². The Balaban J connectivity index is 3.13. The lowest BCUT2D eigenvalue weighted by molar-refractivity contribution is 0.212. The molecule has 0 saturated heterocycles. The third-order valence-corrected chi connectivity index (χ3v) is 4.92. The van der Waals surface area contributed by atoms with Crippen LogP contribution in [0.3, 0.4) is 0 Å². The average molecular weight is 340 g/mol. The van der Waals surface area contributed by atoms with E-state index >= 15 is 0 Å². The minimum atomic E-state index is -3.56. The summed E-state index contributed by atoms with van der Waals surface area (Å²) in [5.41, 5.74) is 5.95. The molecule has 0 unspecified atom stereocenters. The third kappa shape index (κ3) is 3.62. The molecule has 0 radical (unpaired) electrons. The third-order valence-electron chi connectivity index (χ3n) is 2.24. The van der Waals surface area contributed by atoms with Gasteiger partial charge in [0, 0.05) is 10.0 Å². The molecule has 7 heteroatoms. The highest BCUT2D eigenvalue weighted by Gasteiger charge is 2.35. The maximum Gasteiger partial charge on any atom is 0.351 e. The molecule has 1 atom stereocenters. The van der Waals surface area contributed by atoms with Crippen LogP contribution < -0.4 is 5.73 Å². The van der Waals surface area contributed by atoms with Crippen molar-refractivity contribution >= 4 is 23.5 Å². The number of benzene rings is 1. The Morgan fingerprint density at radius 2 is 1.94 bits per heavy atom. The van der Waals surface area contributed by atoms with Crippen LogP contribution in [-0.4, -0.2) is 13.2 Å². The Hall–Kier alpha value is -0.260. The zero-order valence-corrected chi connectivity index (χ0v) is 12.7. The van der Waals surface area contributed by atoms with Gasteiger partial charge in [0.15, 0.2) is 0 Å². The maximum atomic E-state index is 13.7. The maximum absolute atomic E-state index is 13.7. The fourth-order valence-corrected chi connectivity index (χ4v) is 3.50. The Morgan fingerprint density at radius 3 is 2.44 bits per heavy atom. The number of hydrogen-bond donors (Lipinski definition) is 1. The van der Waals surface area contributed by atoms with Gasteiger partial charge in [-0.15, -0.1) is 0 Å². The van der Waals surface area contributed by atoms with Crippen LogP contribution >= 0.6 is 23.5 Å². The zero-order chi connectivity index (χ0) is 13.8. The van der Waals surface area contributed by atoms with Crippen LogP contribution in [0.4, 0.5) is 4.39 Å². The van der Waals surface area contributed by atoms with Crippen molar-refractivity contribution in [2.45, 2.75) is 19.6 Å². The molecular weight excluding hydrogens is 324 g/mol. The largest absolute Gasteiger partial charge is 0.351 e. The lowest BCUT2D eigenvalue weighted by Gasteiger charge is -2.23. The van der Waals surface area contributed by atoms with Crippen LogP contribution in [0, 0.1) is 5.82 Å². The van der Waals surface area contributed by atoms with E-state index in [0.717, 1.165) is 0 Å². The van der Waals surface area contributed by atoms with E-state index in [4.69, 9.17) is 14.8 Å². The van der Waals surface area contributed by atoms with E-state index in [9.17, 15) is 8.96 Å². The highest BCUT2D eigenvalue weighted by atomic mass is 79.9. The minimum absolute atomic E-state index is 0.106. The van der Waals surface area contributed by atoms with E-state index in [1.54, 1.807) is 13.8 Å². The molecule has 0 spiro atoms. The van der Waals surface area contributed by atoms with Gasteiger partial charge in [0.1, 0.15) is 11.6 Å². The lowest BCUT2D eigenvalue weighted by Crippen LogP contribution is -2.16. The van der Waals surface area contributed by atoms with E-state index in [0.29, 0.717) is 4.47 Å². The van der Waals surface area contributed by atoms with E-state index in [1.807, 2.05) is 0 Å². The van der Waals surface area contributed by atoms with Gasteiger partial charge < -0.3 is 14.8 Å². The molecule has 0 heterocycles. The fourth-order valence-electron chi connectivity index (χ4n) is 1.47. The lowest BCUT2D eigenvalue weighted by atomic mass is 10.2. The van der Waals surface area contributed by atoms with E-state index in [2.05, 4.69) is 15.9 Å². The highest BCUT2D eigenvalue weighted by Crippen LogP contribution is 2.58. The second-order valence-electron chi connectivity index (χ2n) is 3.49. The van der Waals surface area contributed by atoms with Crippen molar-refractivity contribution in [3.05, 3.63) is 34.1 Å². The van der Waals surface area contributed by atoms with Gasteiger partial charge in [0.2, 0.25) is 0 Å². The Bertz CT molecular complexity index is 448. The van der Waals surface area contributed by atoms with Gasteiger partial charge in [0.25, 0.3) is 0 Å². The molecule has 0 saturated carbocycles. The zero-order valence-electron chi connectivity index (χ0n) is 10.2. The number of halogens is 2. The fraction of sp³-hybridized carbons (Fsp3) is 0.455. The smallest absolute Gasteiger partial charge is 0.314 e. The van der Waals surface area contributed by atoms with Crippen LogP contribution in [0.2, 0.25) is 0 Å². The molecule has 1 rings (SSSR count). The van der Waals surface area contributed by atoms with Crippen LogP contribution in [0.1, 0.15) is 25.2 Å². The standard InChI is InChI=1S/C11H16BrFNO3P/c1-3-16-18(15,17-4-2)11(14)9-7-8(12)5-6-10(9)13/h5-7,11H,3-4,14H2,1-2H3/t11-/m0/s1. The first-order valence-electron chi connectivity index (χ1n) is 5.54. The summed E-state index contributed by atoms with van der Waals surface area (Å²) in [5, 5.41) is 0. The summed E-state index contributed by atoms with van der Waals surface area (Å²) in [6.45, 7) is 3.71. The molecule has 18 heavy (non-hydrogen) atoms. The molecule has 0 fully saturated rings. The topological polar surface area (TPSA) is 61.5 Å². The molecule has 0 aliphatic heterocycles. The van der Waals surface area contributed by atoms with Gasteiger partial charge in [-0.05, 0) is 32.0 Å². The Morgan fingerprint density at radius 1 is 1.39 bits per heavy atom. The summed E-state index contributed by atoms with van der Waals surface area (Å²) in [5.74, 6) is -1.68. The monoisotopic (exact) mass is 339 g/mol. The van der Waals surface area contributed by atoms with E-state index in [-0.39, 0.29) is 18.8 Å². The number of nitrogens with two attached hydrogens (primary N) is 1. The molecule has 102 valence electrons. The van der Waals surface area contributed by atoms with Crippen molar-refractivity contribution in [2.24, 2.45) is 5.73 Å². The number of hydrogen-bond acceptors (Lipinski definition) is 4. The van der Waals surface area contributed by atoms with Crippen molar-refractivity contribution in [3.8, 4) is 0 Å². The van der Waals surface area contributed by atoms with Crippen LogP contribution in [-0.2, 0) is 13.6 Å². The average Bonchev–Trinajstić information content (AvgIpc) is 2.32. The van der Waals surface area contributed by atoms with Crippen LogP contribution in [0.25, 0.3) is 0 Å². The van der Waals surface area contributed by atoms with Gasteiger partial charge in [-0.25, -0.2) is 4.39 Å². The Labute approximate surface area is 114 Å². The highest BCUT2D eigenvalue weighted by molar-refractivity contribution is 9.10. The van der Waals surface area contributed by atoms with Crippen molar-refractivity contribution in [2.75, 3.05) is 13.2 Å². The normalized spacial score (nSPS) is 13.6. The molecular formula is C11H16BrFNO3P. The number of rotatable bonds is 6. The van der Waals surface area contributed by atoms with Gasteiger partial charge in [-0.1, -0.05) is 15.9 Å². The Kier molecular flexibility index (Phi) is 5.95. The minimum Gasteiger partial charge on any atom is -0.314 e. The first-order valence-corrected chi connectivity index (χ1v) is 7.94. The van der Waals surface area contributed by atoms with Gasteiger partial charge >= 0.3 is 7.60 Å². The predicted octanol–water partition coefficient (Wildman–Crippen LogP) is 3.81. The second kappa shape index (κ2) is 6.78. The van der Waals surface area contributed by atoms with E-state index < -0.39 is 19.2 Å². The summed E-state index contributed by atoms with van der Waals surface area (Å²) in [7, 11) is -3.56. The molecule has 2 N–H and O–H groups in total. The summed E-state index contributed by atoms with van der Waals surface area (Å²) in [6, 6.07) is 4.27. The van der Waals surface area contributed by atoms with Crippen molar-refractivity contribution < 1.29 is 18.0 Å². The summed E-state index contributed by atoms with van der Waals surface area (Å²) < 4.78 is 37.0. The first-order chi connectivity index (χ1) is 8.44. The molecule has 0 aromatic heterocycles. The van der Waals surface area contributed by atoms with Crippen LogP contribution in [0.5, 0.6) is 0 Å². The molecule has 0 aliphatic carbocycles. The summed E-state index contributed by atoms with van der Waals surface area (Å²) in [4.78, 5) is 0. The molecule has 0 aliphatic rings. The van der Waals surface area contributed by atoms with Crippen molar-refractivity contribution in [3.63, 3.8) is 0 Å². The van der Waals surface area contributed by atoms with Crippen molar-refractivity contribution in [1.29, 1.82) is 0 Å². The van der Waals surface area contributed by atoms with Gasteiger partial charge in [-0.3, -0.25) is 4.57 Å².